The Balaban J connectivity index is 2.70. The largest absolute Gasteiger partial charge is 0.212 e. The van der Waals surface area contributed by atoms with Gasteiger partial charge in [0.2, 0.25) is 5.69 Å². The highest BCUT2D eigenvalue weighted by atomic mass is 14.9. The van der Waals surface area contributed by atoms with E-state index in [9.17, 15) is 0 Å². The van der Waals surface area contributed by atoms with E-state index in [0.29, 0.717) is 5.56 Å². The van der Waals surface area contributed by atoms with Crippen LogP contribution in [0.25, 0.3) is 11.3 Å². The van der Waals surface area contributed by atoms with Crippen molar-refractivity contribution in [3.8, 4) is 11.3 Å². The van der Waals surface area contributed by atoms with Crippen LogP contribution in [0.2, 0.25) is 0 Å². The molecule has 0 bridgehead atoms. The molecule has 0 aliphatic carbocycles. The van der Waals surface area contributed by atoms with Crippen molar-refractivity contribution in [2.24, 2.45) is 12.5 Å². The molecule has 2 rings (SSSR count). The molecular formula is C19H26N+. The quantitative estimate of drug-likeness (QED) is 0.714. The number of pyridine rings is 1. The molecule has 0 N–H and O–H groups in total. The first-order valence-electron chi connectivity index (χ1n) is 8.59. The highest BCUT2D eigenvalue weighted by Crippen LogP contribution is 2.24. The van der Waals surface area contributed by atoms with Crippen molar-refractivity contribution in [3.05, 3.63) is 53.2 Å². The third-order valence-electron chi connectivity index (χ3n) is 3.60. The van der Waals surface area contributed by atoms with E-state index in [0.717, 1.165) is 23.4 Å². The lowest BCUT2D eigenvalue weighted by molar-refractivity contribution is -0.669. The second-order valence-electron chi connectivity index (χ2n) is 6.69. The Hall–Kier alpha value is -1.63. The molecule has 0 fully saturated rings. The number of rotatable bonds is 2. The fourth-order valence-corrected chi connectivity index (χ4v) is 2.54. The van der Waals surface area contributed by atoms with Gasteiger partial charge >= 0.3 is 0 Å². The fraction of sp³-hybridized carbons (Fsp3) is 0.421. The highest BCUT2D eigenvalue weighted by Gasteiger charge is 2.23. The molecule has 0 saturated heterocycles. The topological polar surface area (TPSA) is 3.88 Å². The van der Waals surface area contributed by atoms with E-state index in [1.165, 1.54) is 5.56 Å². The molecule has 20 heavy (non-hydrogen) atoms. The van der Waals surface area contributed by atoms with E-state index in [-0.39, 0.29) is 5.41 Å². The van der Waals surface area contributed by atoms with Crippen LogP contribution in [0.15, 0.2) is 36.4 Å². The van der Waals surface area contributed by atoms with Crippen LogP contribution < -0.4 is 4.57 Å². The number of aromatic nitrogens is 1. The van der Waals surface area contributed by atoms with E-state index in [4.69, 9.17) is 4.11 Å². The summed E-state index contributed by atoms with van der Waals surface area (Å²) in [5, 5.41) is 0. The average molecular weight is 271 g/mol. The lowest BCUT2D eigenvalue weighted by Crippen LogP contribution is -2.39. The molecule has 106 valence electrons. The molecule has 0 atom stereocenters. The van der Waals surface area contributed by atoms with Gasteiger partial charge in [-0.25, -0.2) is 0 Å². The van der Waals surface area contributed by atoms with Gasteiger partial charge in [0.05, 0.1) is 0 Å². The summed E-state index contributed by atoms with van der Waals surface area (Å²) in [7, 11) is 1.97. The summed E-state index contributed by atoms with van der Waals surface area (Å²) in [5.74, 6) is 0. The monoisotopic (exact) mass is 271 g/mol. The van der Waals surface area contributed by atoms with E-state index < -0.39 is 6.85 Å². The predicted octanol–water partition coefficient (Wildman–Crippen LogP) is 4.38. The molecule has 0 aliphatic heterocycles. The number of hydrogen-bond donors (Lipinski definition) is 0. The van der Waals surface area contributed by atoms with Crippen molar-refractivity contribution < 1.29 is 8.68 Å². The molecule has 0 saturated carbocycles. The molecule has 0 aliphatic rings. The zero-order valence-electron chi connectivity index (χ0n) is 16.1. The SMILES string of the molecule is [2H]C([2H])([2H])c1ccc(-c2ccccc2C)[n+](C)c1CC(C)(C)C. The number of benzene rings is 1. The third kappa shape index (κ3) is 3.09. The second kappa shape index (κ2) is 5.40. The van der Waals surface area contributed by atoms with Crippen LogP contribution in [0.5, 0.6) is 0 Å². The van der Waals surface area contributed by atoms with Crippen molar-refractivity contribution >= 4 is 0 Å². The minimum absolute atomic E-state index is 0.0160. The maximum atomic E-state index is 7.86. The number of aryl methyl sites for hydroxylation is 2. The summed E-state index contributed by atoms with van der Waals surface area (Å²) < 4.78 is 25.6. The maximum absolute atomic E-state index is 7.86. The Bertz CT molecular complexity index is 710. The number of hydrogen-bond acceptors (Lipinski definition) is 0. The summed E-state index contributed by atoms with van der Waals surface area (Å²) in [5.41, 5.74) is 4.73. The van der Waals surface area contributed by atoms with E-state index in [2.05, 4.69) is 44.4 Å². The number of nitrogens with zero attached hydrogens (tertiary/aromatic N) is 1. The Morgan fingerprint density at radius 1 is 1.05 bits per heavy atom. The summed E-state index contributed by atoms with van der Waals surface area (Å²) in [4.78, 5) is 0. The van der Waals surface area contributed by atoms with Crippen LogP contribution in [0, 0.1) is 19.2 Å². The van der Waals surface area contributed by atoms with E-state index in [1.807, 2.05) is 25.2 Å². The van der Waals surface area contributed by atoms with Gasteiger partial charge in [-0.2, -0.15) is 4.57 Å². The van der Waals surface area contributed by atoms with Crippen LogP contribution in [0.1, 0.15) is 41.7 Å². The van der Waals surface area contributed by atoms with E-state index in [1.54, 1.807) is 6.07 Å². The molecule has 1 heteroatoms. The van der Waals surface area contributed by atoms with Gasteiger partial charge in [0.15, 0.2) is 5.69 Å². The molecule has 0 spiro atoms. The first kappa shape index (κ1) is 11.1. The van der Waals surface area contributed by atoms with Crippen molar-refractivity contribution in [2.75, 3.05) is 0 Å². The molecule has 1 nitrogen and oxygen atoms in total. The Morgan fingerprint density at radius 3 is 2.35 bits per heavy atom. The van der Waals surface area contributed by atoms with Crippen molar-refractivity contribution in [3.63, 3.8) is 0 Å². The zero-order valence-corrected chi connectivity index (χ0v) is 13.1. The third-order valence-corrected chi connectivity index (χ3v) is 3.60. The summed E-state index contributed by atoms with van der Waals surface area (Å²) >= 11 is 0. The lowest BCUT2D eigenvalue weighted by atomic mass is 9.88. The Kier molecular flexibility index (Phi) is 2.99. The average Bonchev–Trinajstić information content (AvgIpc) is 2.39. The maximum Gasteiger partial charge on any atom is 0.212 e. The van der Waals surface area contributed by atoms with Crippen LogP contribution >= 0.6 is 0 Å². The summed E-state index contributed by atoms with van der Waals surface area (Å²) in [6.45, 7) is 6.39. The van der Waals surface area contributed by atoms with Gasteiger partial charge in [-0.05, 0) is 36.9 Å². The first-order chi connectivity index (χ1) is 10.5. The first-order valence-corrected chi connectivity index (χ1v) is 7.09. The standard InChI is InChI=1S/C19H26N/c1-14-9-7-8-10-16(14)17-12-11-15(2)18(20(17)6)13-19(3,4)5/h7-12H,13H2,1-6H3/q+1/i2D3. The predicted molar refractivity (Wildman–Crippen MR) is 85.7 cm³/mol. The van der Waals surface area contributed by atoms with Gasteiger partial charge in [-0.3, -0.25) is 0 Å². The highest BCUT2D eigenvalue weighted by molar-refractivity contribution is 5.60. The minimum atomic E-state index is -2.09. The van der Waals surface area contributed by atoms with Gasteiger partial charge in [-0.1, -0.05) is 39.0 Å². The van der Waals surface area contributed by atoms with Crippen molar-refractivity contribution in [2.45, 2.75) is 41.0 Å². The van der Waals surface area contributed by atoms with Gasteiger partial charge in [0.1, 0.15) is 7.05 Å². The fourth-order valence-electron chi connectivity index (χ4n) is 2.54. The molecule has 0 amide bonds. The van der Waals surface area contributed by atoms with Crippen LogP contribution in [-0.2, 0) is 13.5 Å². The summed E-state index contributed by atoms with van der Waals surface area (Å²) in [6, 6.07) is 11.9. The van der Waals surface area contributed by atoms with E-state index >= 15 is 0 Å². The van der Waals surface area contributed by atoms with Crippen molar-refractivity contribution in [1.82, 2.24) is 0 Å². The molecule has 2 aromatic rings. The van der Waals surface area contributed by atoms with Crippen LogP contribution in [-0.4, -0.2) is 0 Å². The normalized spacial score (nSPS) is 14.6. The second-order valence-corrected chi connectivity index (χ2v) is 6.69. The van der Waals surface area contributed by atoms with Crippen LogP contribution in [0.4, 0.5) is 0 Å². The van der Waals surface area contributed by atoms with Gasteiger partial charge in [0.25, 0.3) is 0 Å². The summed E-state index contributed by atoms with van der Waals surface area (Å²) in [6.07, 6.45) is 0.719. The smallest absolute Gasteiger partial charge is 0.198 e. The molecular weight excluding hydrogens is 242 g/mol. The molecule has 1 aromatic carbocycles. The zero-order chi connectivity index (χ0) is 17.4. The van der Waals surface area contributed by atoms with Crippen LogP contribution in [0.3, 0.4) is 0 Å². The minimum Gasteiger partial charge on any atom is -0.198 e. The Morgan fingerprint density at radius 2 is 1.75 bits per heavy atom. The Labute approximate surface area is 127 Å². The van der Waals surface area contributed by atoms with Gasteiger partial charge in [0, 0.05) is 27.7 Å². The molecule has 1 heterocycles. The van der Waals surface area contributed by atoms with Crippen molar-refractivity contribution in [1.29, 1.82) is 0 Å². The molecule has 1 aromatic heterocycles. The molecule has 0 radical (unpaired) electrons. The van der Waals surface area contributed by atoms with Gasteiger partial charge in [-0.15, -0.1) is 0 Å². The molecule has 0 unspecified atom stereocenters. The van der Waals surface area contributed by atoms with Gasteiger partial charge < -0.3 is 0 Å². The lowest BCUT2D eigenvalue weighted by Gasteiger charge is -2.18.